The third kappa shape index (κ3) is 8.00. The second-order valence-electron chi connectivity index (χ2n) is 11.7. The fraction of sp³-hybridized carbons (Fsp3) is 0.303. The smallest absolute Gasteiger partial charge is 0.410 e. The highest BCUT2D eigenvalue weighted by atomic mass is 16.6. The van der Waals surface area contributed by atoms with E-state index in [1.807, 2.05) is 20.8 Å². The molecule has 0 aliphatic carbocycles. The summed E-state index contributed by atoms with van der Waals surface area (Å²) in [6.45, 7) is 6.92. The summed E-state index contributed by atoms with van der Waals surface area (Å²) in [6, 6.07) is 17.5. The van der Waals surface area contributed by atoms with E-state index in [9.17, 15) is 24.3 Å². The molecule has 0 atom stereocenters. The second kappa shape index (κ2) is 13.4. The fourth-order valence-electron chi connectivity index (χ4n) is 4.93. The quantitative estimate of drug-likeness (QED) is 0.179. The zero-order valence-electron chi connectivity index (χ0n) is 25.0. The molecule has 0 unspecified atom stereocenters. The lowest BCUT2D eigenvalue weighted by Gasteiger charge is -2.33. The second-order valence-corrected chi connectivity index (χ2v) is 11.7. The van der Waals surface area contributed by atoms with Crippen LogP contribution < -0.4 is 16.4 Å². The van der Waals surface area contributed by atoms with Gasteiger partial charge in [0, 0.05) is 42.0 Å². The van der Waals surface area contributed by atoms with Crippen molar-refractivity contribution in [3.63, 3.8) is 0 Å². The van der Waals surface area contributed by atoms with Gasteiger partial charge in [0.15, 0.2) is 0 Å². The predicted octanol–water partition coefficient (Wildman–Crippen LogP) is 4.97. The average Bonchev–Trinajstić information content (AvgIpc) is 2.99. The first kappa shape index (κ1) is 31.7. The number of nitrogens with zero attached hydrogens (tertiary/aromatic N) is 1. The van der Waals surface area contributed by atoms with Gasteiger partial charge in [0.2, 0.25) is 0 Å². The number of likely N-dealkylation sites (tertiary alicyclic amines) is 1. The Bertz CT molecular complexity index is 1570. The number of hydrogen-bond donors (Lipinski definition) is 5. The van der Waals surface area contributed by atoms with Gasteiger partial charge < -0.3 is 31.1 Å². The Morgan fingerprint density at radius 3 is 2.14 bits per heavy atom. The molecule has 0 saturated carbocycles. The molecular weight excluding hydrogens is 562 g/mol. The number of aromatic carboxylic acids is 1. The Hall–Kier alpha value is -5.19. The third-order valence-electron chi connectivity index (χ3n) is 7.25. The van der Waals surface area contributed by atoms with Crippen molar-refractivity contribution >= 4 is 35.4 Å². The number of piperidine rings is 1. The number of carbonyl (C=O) groups excluding carboxylic acids is 3. The van der Waals surface area contributed by atoms with Crippen molar-refractivity contribution in [3.8, 4) is 11.1 Å². The van der Waals surface area contributed by atoms with Crippen LogP contribution in [0.25, 0.3) is 11.1 Å². The summed E-state index contributed by atoms with van der Waals surface area (Å²) >= 11 is 0. The highest BCUT2D eigenvalue weighted by molar-refractivity contribution is 6.11. The normalized spacial score (nSPS) is 13.6. The lowest BCUT2D eigenvalue weighted by atomic mass is 9.93. The van der Waals surface area contributed by atoms with Gasteiger partial charge in [-0.2, -0.15) is 0 Å². The van der Waals surface area contributed by atoms with E-state index in [-0.39, 0.29) is 34.5 Å². The molecule has 1 fully saturated rings. The van der Waals surface area contributed by atoms with Gasteiger partial charge >= 0.3 is 12.1 Å². The molecule has 4 rings (SSSR count). The van der Waals surface area contributed by atoms with Crippen molar-refractivity contribution in [2.24, 2.45) is 11.7 Å². The summed E-state index contributed by atoms with van der Waals surface area (Å²) in [7, 11) is 0. The van der Waals surface area contributed by atoms with Crippen LogP contribution in [0.5, 0.6) is 0 Å². The number of nitrogens with two attached hydrogens (primary N) is 1. The van der Waals surface area contributed by atoms with E-state index >= 15 is 0 Å². The maximum Gasteiger partial charge on any atom is 0.410 e. The molecule has 1 aliphatic heterocycles. The van der Waals surface area contributed by atoms with E-state index in [4.69, 9.17) is 15.9 Å². The molecule has 0 spiro atoms. The topological polar surface area (TPSA) is 175 Å². The van der Waals surface area contributed by atoms with Crippen LogP contribution in [0.15, 0.2) is 66.7 Å². The molecule has 1 heterocycles. The van der Waals surface area contributed by atoms with Gasteiger partial charge in [-0.15, -0.1) is 0 Å². The number of rotatable bonds is 8. The van der Waals surface area contributed by atoms with Gasteiger partial charge in [-0.05, 0) is 93.1 Å². The van der Waals surface area contributed by atoms with E-state index in [2.05, 4.69) is 10.6 Å². The summed E-state index contributed by atoms with van der Waals surface area (Å²) in [6.07, 6.45) is 1.07. The number of nitrogens with one attached hydrogen (secondary N) is 3. The van der Waals surface area contributed by atoms with E-state index in [0.29, 0.717) is 54.9 Å². The van der Waals surface area contributed by atoms with Gasteiger partial charge in [0.1, 0.15) is 11.4 Å². The number of anilines is 1. The number of carbonyl (C=O) groups is 4. The molecule has 44 heavy (non-hydrogen) atoms. The Balaban J connectivity index is 1.44. The van der Waals surface area contributed by atoms with Crippen LogP contribution in [0.1, 0.15) is 70.3 Å². The predicted molar refractivity (Wildman–Crippen MR) is 167 cm³/mol. The van der Waals surface area contributed by atoms with Gasteiger partial charge in [0.25, 0.3) is 11.8 Å². The van der Waals surface area contributed by atoms with Crippen LogP contribution in [0.4, 0.5) is 10.5 Å². The van der Waals surface area contributed by atoms with Crippen molar-refractivity contribution in [2.45, 2.75) is 39.2 Å². The first-order valence-corrected chi connectivity index (χ1v) is 14.3. The maximum absolute atomic E-state index is 13.2. The number of nitrogen functional groups attached to an aromatic ring is 1. The van der Waals surface area contributed by atoms with Crippen LogP contribution in [-0.4, -0.2) is 65.0 Å². The van der Waals surface area contributed by atoms with E-state index in [1.54, 1.807) is 53.4 Å². The lowest BCUT2D eigenvalue weighted by molar-refractivity contribution is 0.0183. The minimum absolute atomic E-state index is 0.0906. The number of benzene rings is 3. The fourth-order valence-corrected chi connectivity index (χ4v) is 4.93. The van der Waals surface area contributed by atoms with E-state index < -0.39 is 23.4 Å². The maximum atomic E-state index is 13.2. The van der Waals surface area contributed by atoms with Crippen LogP contribution >= 0.6 is 0 Å². The number of amides is 3. The van der Waals surface area contributed by atoms with Crippen LogP contribution in [0.2, 0.25) is 0 Å². The van der Waals surface area contributed by atoms with Gasteiger partial charge in [0.05, 0.1) is 5.56 Å². The minimum atomic E-state index is -1.24. The molecular formula is C33H37N5O6. The van der Waals surface area contributed by atoms with Crippen LogP contribution in [0, 0.1) is 11.3 Å². The molecule has 230 valence electrons. The highest BCUT2D eigenvalue weighted by Crippen LogP contribution is 2.29. The van der Waals surface area contributed by atoms with Gasteiger partial charge in [-0.25, -0.2) is 9.59 Å². The molecule has 3 aromatic rings. The number of carboxylic acid groups (broad SMARTS) is 1. The van der Waals surface area contributed by atoms with Crippen molar-refractivity contribution < 1.29 is 29.0 Å². The number of carboxylic acids is 1. The molecule has 0 radical (unpaired) electrons. The molecule has 0 aromatic heterocycles. The number of hydrogen-bond acceptors (Lipinski definition) is 6. The van der Waals surface area contributed by atoms with Crippen molar-refractivity contribution in [1.82, 2.24) is 10.2 Å². The summed E-state index contributed by atoms with van der Waals surface area (Å²) in [5, 5.41) is 23.2. The molecule has 3 amide bonds. The molecule has 11 heteroatoms. The summed E-state index contributed by atoms with van der Waals surface area (Å²) in [4.78, 5) is 52.5. The number of amidine groups is 1. The zero-order valence-corrected chi connectivity index (χ0v) is 25.0. The minimum Gasteiger partial charge on any atom is -0.478 e. The SMILES string of the molecule is CC(C)(C)OC(=O)N1CCC(CNC(=O)c2ccc(-c3ccccc3C(=O)Nc3ccc(C(=N)N)cc3)c(C(=O)O)c2)CC1. The van der Waals surface area contributed by atoms with Crippen molar-refractivity contribution in [3.05, 3.63) is 89.0 Å². The average molecular weight is 600 g/mol. The standard InChI is InChI=1S/C33H37N5O6/c1-33(2,3)44-32(43)38-16-14-20(15-17-38)19-36-29(39)22-10-13-25(27(18-22)31(41)42)24-6-4-5-7-26(24)30(40)37-23-11-8-21(9-12-23)28(34)35/h4-13,18,20H,14-17,19H2,1-3H3,(H3,34,35)(H,36,39)(H,37,40)(H,41,42). The highest BCUT2D eigenvalue weighted by Gasteiger charge is 2.27. The Morgan fingerprint density at radius 1 is 0.909 bits per heavy atom. The molecule has 3 aromatic carbocycles. The van der Waals surface area contributed by atoms with Crippen LogP contribution in [0.3, 0.4) is 0 Å². The van der Waals surface area contributed by atoms with Crippen LogP contribution in [-0.2, 0) is 4.74 Å². The Kier molecular flexibility index (Phi) is 9.67. The van der Waals surface area contributed by atoms with Crippen molar-refractivity contribution in [2.75, 3.05) is 25.0 Å². The monoisotopic (exact) mass is 599 g/mol. The lowest BCUT2D eigenvalue weighted by Crippen LogP contribution is -2.43. The first-order valence-electron chi connectivity index (χ1n) is 14.3. The Morgan fingerprint density at radius 2 is 1.52 bits per heavy atom. The summed E-state index contributed by atoms with van der Waals surface area (Å²) < 4.78 is 5.44. The first-order chi connectivity index (χ1) is 20.8. The van der Waals surface area contributed by atoms with Crippen molar-refractivity contribution in [1.29, 1.82) is 5.41 Å². The molecule has 1 aliphatic rings. The molecule has 6 N–H and O–H groups in total. The van der Waals surface area contributed by atoms with E-state index in [0.717, 1.165) is 0 Å². The zero-order chi connectivity index (χ0) is 32.0. The molecule has 0 bridgehead atoms. The number of ether oxygens (including phenoxy) is 1. The molecule has 11 nitrogen and oxygen atoms in total. The van der Waals surface area contributed by atoms with E-state index in [1.165, 1.54) is 18.2 Å². The summed E-state index contributed by atoms with van der Waals surface area (Å²) in [5.74, 6) is -2.02. The largest absolute Gasteiger partial charge is 0.478 e. The van der Waals surface area contributed by atoms with Gasteiger partial charge in [-0.1, -0.05) is 24.3 Å². The third-order valence-corrected chi connectivity index (χ3v) is 7.25. The summed E-state index contributed by atoms with van der Waals surface area (Å²) in [5.41, 5.74) is 6.94. The van der Waals surface area contributed by atoms with Gasteiger partial charge in [-0.3, -0.25) is 15.0 Å². The Labute approximate surface area is 255 Å². The molecule has 1 saturated heterocycles.